The van der Waals surface area contributed by atoms with E-state index in [1.54, 1.807) is 6.20 Å². The molecule has 82 valence electrons. The van der Waals surface area contributed by atoms with E-state index in [0.717, 1.165) is 11.3 Å². The summed E-state index contributed by atoms with van der Waals surface area (Å²) in [5.74, 6) is 1.39. The van der Waals surface area contributed by atoms with E-state index in [2.05, 4.69) is 17.6 Å². The molecule has 1 aromatic carbocycles. The molecule has 1 atom stereocenters. The van der Waals surface area contributed by atoms with Gasteiger partial charge in [-0.05, 0) is 24.6 Å². The molecule has 1 aromatic heterocycles. The normalized spacial score (nSPS) is 12.1. The lowest BCUT2D eigenvalue weighted by molar-refractivity contribution is 0.462. The third-order valence-electron chi connectivity index (χ3n) is 2.21. The zero-order chi connectivity index (χ0) is 11.4. The fourth-order valence-electron chi connectivity index (χ4n) is 1.31. The summed E-state index contributed by atoms with van der Waals surface area (Å²) in [4.78, 5) is 4.22. The molecule has 3 heteroatoms. The van der Waals surface area contributed by atoms with Gasteiger partial charge in [-0.1, -0.05) is 24.3 Å². The Balaban J connectivity index is 2.11. The Hall–Kier alpha value is -1.48. The van der Waals surface area contributed by atoms with Gasteiger partial charge in [0.2, 0.25) is 5.88 Å². The third-order valence-corrected chi connectivity index (χ3v) is 2.51. The maximum atomic E-state index is 5.58. The zero-order valence-corrected chi connectivity index (χ0v) is 9.89. The summed E-state index contributed by atoms with van der Waals surface area (Å²) >= 11 is 4.34. The number of pyridine rings is 1. The van der Waals surface area contributed by atoms with Gasteiger partial charge in [0.25, 0.3) is 0 Å². The number of para-hydroxylation sites is 1. The average Bonchev–Trinajstić information content (AvgIpc) is 2.31. The van der Waals surface area contributed by atoms with Crippen LogP contribution in [0.2, 0.25) is 0 Å². The number of thiol groups is 1. The number of rotatable bonds is 3. The van der Waals surface area contributed by atoms with Crippen LogP contribution in [0.4, 0.5) is 0 Å². The van der Waals surface area contributed by atoms with Crippen molar-refractivity contribution in [2.75, 3.05) is 0 Å². The first-order valence-corrected chi connectivity index (χ1v) is 5.64. The van der Waals surface area contributed by atoms with Crippen molar-refractivity contribution in [2.24, 2.45) is 0 Å². The molecular formula is C13H13NOS. The van der Waals surface area contributed by atoms with Gasteiger partial charge in [-0.3, -0.25) is 0 Å². The minimum Gasteiger partial charge on any atom is -0.439 e. The molecule has 2 aromatic rings. The highest BCUT2D eigenvalue weighted by Crippen LogP contribution is 2.22. The van der Waals surface area contributed by atoms with E-state index in [9.17, 15) is 0 Å². The molecule has 0 aliphatic heterocycles. The molecule has 2 nitrogen and oxygen atoms in total. The minimum atomic E-state index is 0.193. The van der Waals surface area contributed by atoms with Crippen LogP contribution in [0.5, 0.6) is 11.6 Å². The van der Waals surface area contributed by atoms with Gasteiger partial charge in [0, 0.05) is 17.5 Å². The molecule has 0 saturated carbocycles. The number of hydrogen-bond acceptors (Lipinski definition) is 3. The molecule has 0 spiro atoms. The Morgan fingerprint density at radius 1 is 1.12 bits per heavy atom. The molecular weight excluding hydrogens is 218 g/mol. The van der Waals surface area contributed by atoms with E-state index in [4.69, 9.17) is 4.74 Å². The molecule has 16 heavy (non-hydrogen) atoms. The van der Waals surface area contributed by atoms with Gasteiger partial charge in [-0.25, -0.2) is 4.98 Å². The van der Waals surface area contributed by atoms with Crippen molar-refractivity contribution >= 4 is 12.6 Å². The van der Waals surface area contributed by atoms with Crippen molar-refractivity contribution in [3.8, 4) is 11.6 Å². The van der Waals surface area contributed by atoms with Crippen LogP contribution in [0.15, 0.2) is 48.7 Å². The zero-order valence-electron chi connectivity index (χ0n) is 9.00. The molecule has 2 rings (SSSR count). The standard InChI is InChI=1S/C13H13NOS/c1-10(16)11-7-8-13(14-9-11)15-12-5-3-2-4-6-12/h2-10,16H,1H3. The molecule has 0 aliphatic rings. The summed E-state index contributed by atoms with van der Waals surface area (Å²) in [6, 6.07) is 13.4. The second-order valence-electron chi connectivity index (χ2n) is 3.52. The summed E-state index contributed by atoms with van der Waals surface area (Å²) in [6.07, 6.45) is 1.79. The predicted octanol–water partition coefficient (Wildman–Crippen LogP) is 3.86. The number of aromatic nitrogens is 1. The monoisotopic (exact) mass is 231 g/mol. The molecule has 0 saturated heterocycles. The van der Waals surface area contributed by atoms with Crippen LogP contribution in [0, 0.1) is 0 Å². The Bertz CT molecular complexity index is 439. The first kappa shape index (κ1) is 11.0. The maximum Gasteiger partial charge on any atom is 0.219 e. The van der Waals surface area contributed by atoms with Crippen molar-refractivity contribution < 1.29 is 4.74 Å². The SMILES string of the molecule is CC(S)c1ccc(Oc2ccccc2)nc1. The van der Waals surface area contributed by atoms with Crippen LogP contribution in [0.3, 0.4) is 0 Å². The highest BCUT2D eigenvalue weighted by atomic mass is 32.1. The van der Waals surface area contributed by atoms with Gasteiger partial charge >= 0.3 is 0 Å². The van der Waals surface area contributed by atoms with Crippen molar-refractivity contribution in [1.82, 2.24) is 4.98 Å². The summed E-state index contributed by atoms with van der Waals surface area (Å²) in [5.41, 5.74) is 1.09. The van der Waals surface area contributed by atoms with Gasteiger partial charge in [-0.2, -0.15) is 12.6 Å². The number of hydrogen-bond donors (Lipinski definition) is 1. The van der Waals surface area contributed by atoms with Gasteiger partial charge < -0.3 is 4.74 Å². The van der Waals surface area contributed by atoms with Gasteiger partial charge in [0.05, 0.1) is 0 Å². The van der Waals surface area contributed by atoms with Crippen molar-refractivity contribution in [3.05, 3.63) is 54.2 Å². The fourth-order valence-corrected chi connectivity index (χ4v) is 1.46. The van der Waals surface area contributed by atoms with Crippen molar-refractivity contribution in [2.45, 2.75) is 12.2 Å². The van der Waals surface area contributed by atoms with Gasteiger partial charge in [-0.15, -0.1) is 0 Å². The Morgan fingerprint density at radius 3 is 2.44 bits per heavy atom. The van der Waals surface area contributed by atoms with Crippen LogP contribution in [0.25, 0.3) is 0 Å². The largest absolute Gasteiger partial charge is 0.439 e. The molecule has 0 amide bonds. The highest BCUT2D eigenvalue weighted by Gasteiger charge is 2.01. The predicted molar refractivity (Wildman–Crippen MR) is 68.2 cm³/mol. The third kappa shape index (κ3) is 2.76. The summed E-state index contributed by atoms with van der Waals surface area (Å²) in [7, 11) is 0. The van der Waals surface area contributed by atoms with Gasteiger partial charge in [0.1, 0.15) is 5.75 Å². The van der Waals surface area contributed by atoms with E-state index in [1.165, 1.54) is 0 Å². The summed E-state index contributed by atoms with van der Waals surface area (Å²) in [5, 5.41) is 0.193. The summed E-state index contributed by atoms with van der Waals surface area (Å²) < 4.78 is 5.58. The van der Waals surface area contributed by atoms with Crippen LogP contribution >= 0.6 is 12.6 Å². The average molecular weight is 231 g/mol. The lowest BCUT2D eigenvalue weighted by Gasteiger charge is -2.06. The fraction of sp³-hybridized carbons (Fsp3) is 0.154. The number of benzene rings is 1. The molecule has 0 N–H and O–H groups in total. The Kier molecular flexibility index (Phi) is 3.47. The molecule has 1 heterocycles. The Morgan fingerprint density at radius 2 is 1.88 bits per heavy atom. The van der Waals surface area contributed by atoms with E-state index in [1.807, 2.05) is 49.4 Å². The summed E-state index contributed by atoms with van der Waals surface area (Å²) in [6.45, 7) is 2.01. The quantitative estimate of drug-likeness (QED) is 0.810. The van der Waals surface area contributed by atoms with Crippen molar-refractivity contribution in [1.29, 1.82) is 0 Å². The van der Waals surface area contributed by atoms with Crippen molar-refractivity contribution in [3.63, 3.8) is 0 Å². The van der Waals surface area contributed by atoms with Gasteiger partial charge in [0.15, 0.2) is 0 Å². The molecule has 0 bridgehead atoms. The van der Waals surface area contributed by atoms with Crippen LogP contribution < -0.4 is 4.74 Å². The molecule has 1 unspecified atom stereocenters. The Labute approximate surface area is 101 Å². The smallest absolute Gasteiger partial charge is 0.219 e. The number of nitrogens with zero attached hydrogens (tertiary/aromatic N) is 1. The lowest BCUT2D eigenvalue weighted by atomic mass is 10.2. The topological polar surface area (TPSA) is 22.1 Å². The lowest BCUT2D eigenvalue weighted by Crippen LogP contribution is -1.90. The molecule has 0 fully saturated rings. The first-order chi connectivity index (χ1) is 7.75. The van der Waals surface area contributed by atoms with E-state index < -0.39 is 0 Å². The van der Waals surface area contributed by atoms with Crippen LogP contribution in [0.1, 0.15) is 17.7 Å². The van der Waals surface area contributed by atoms with E-state index in [0.29, 0.717) is 5.88 Å². The minimum absolute atomic E-state index is 0.193. The second-order valence-corrected chi connectivity index (χ2v) is 4.30. The van der Waals surface area contributed by atoms with E-state index >= 15 is 0 Å². The maximum absolute atomic E-state index is 5.58. The first-order valence-electron chi connectivity index (χ1n) is 5.12. The number of ether oxygens (including phenoxy) is 1. The van der Waals surface area contributed by atoms with Crippen LogP contribution in [-0.4, -0.2) is 4.98 Å². The highest BCUT2D eigenvalue weighted by molar-refractivity contribution is 7.80. The van der Waals surface area contributed by atoms with E-state index in [-0.39, 0.29) is 5.25 Å². The van der Waals surface area contributed by atoms with Crippen LogP contribution in [-0.2, 0) is 0 Å². The second kappa shape index (κ2) is 5.03. The molecule has 0 radical (unpaired) electrons. The molecule has 0 aliphatic carbocycles.